The SMILES string of the molecule is Cc1cc(-c2ncn[nH]2)cc(N)c1C. The number of H-pyrrole nitrogens is 1. The first kappa shape index (κ1) is 8.74. The summed E-state index contributed by atoms with van der Waals surface area (Å²) >= 11 is 0. The van der Waals surface area contributed by atoms with Crippen molar-refractivity contribution < 1.29 is 0 Å². The van der Waals surface area contributed by atoms with Crippen LogP contribution in [-0.4, -0.2) is 15.2 Å². The van der Waals surface area contributed by atoms with Crippen LogP contribution in [0.25, 0.3) is 11.4 Å². The number of anilines is 1. The summed E-state index contributed by atoms with van der Waals surface area (Å²) in [6.45, 7) is 4.04. The van der Waals surface area contributed by atoms with Gasteiger partial charge in [0.05, 0.1) is 0 Å². The van der Waals surface area contributed by atoms with Crippen molar-refractivity contribution in [2.45, 2.75) is 13.8 Å². The molecular formula is C10H12N4. The minimum atomic E-state index is 0.750. The molecular weight excluding hydrogens is 176 g/mol. The summed E-state index contributed by atoms with van der Waals surface area (Å²) < 4.78 is 0. The summed E-state index contributed by atoms with van der Waals surface area (Å²) in [6.07, 6.45) is 1.49. The third kappa shape index (κ3) is 1.35. The molecule has 0 radical (unpaired) electrons. The molecule has 1 heterocycles. The molecule has 0 saturated carbocycles. The van der Waals surface area contributed by atoms with E-state index in [9.17, 15) is 0 Å². The van der Waals surface area contributed by atoms with Crippen molar-refractivity contribution in [1.29, 1.82) is 0 Å². The Morgan fingerprint density at radius 1 is 1.29 bits per heavy atom. The Kier molecular flexibility index (Phi) is 1.96. The topological polar surface area (TPSA) is 67.6 Å². The number of aromatic amines is 1. The van der Waals surface area contributed by atoms with Gasteiger partial charge in [0.25, 0.3) is 0 Å². The average molecular weight is 188 g/mol. The molecule has 72 valence electrons. The molecule has 2 aromatic rings. The highest BCUT2D eigenvalue weighted by molar-refractivity contribution is 5.65. The summed E-state index contributed by atoms with van der Waals surface area (Å²) in [5.74, 6) is 0.750. The first-order chi connectivity index (χ1) is 6.68. The van der Waals surface area contributed by atoms with Gasteiger partial charge in [-0.05, 0) is 37.1 Å². The van der Waals surface area contributed by atoms with Crippen LogP contribution in [0.5, 0.6) is 0 Å². The third-order valence-electron chi connectivity index (χ3n) is 2.40. The first-order valence-electron chi connectivity index (χ1n) is 4.41. The minimum Gasteiger partial charge on any atom is -0.398 e. The number of nitrogens with zero attached hydrogens (tertiary/aromatic N) is 2. The van der Waals surface area contributed by atoms with Crippen LogP contribution in [0, 0.1) is 13.8 Å². The Labute approximate surface area is 82.2 Å². The molecule has 0 aliphatic carbocycles. The smallest absolute Gasteiger partial charge is 0.155 e. The lowest BCUT2D eigenvalue weighted by atomic mass is 10.0. The molecule has 0 aliphatic heterocycles. The van der Waals surface area contributed by atoms with E-state index in [-0.39, 0.29) is 0 Å². The summed E-state index contributed by atoms with van der Waals surface area (Å²) in [5.41, 5.74) is 9.91. The number of aryl methyl sites for hydroxylation is 1. The predicted molar refractivity (Wildman–Crippen MR) is 55.7 cm³/mol. The Bertz CT molecular complexity index is 422. The van der Waals surface area contributed by atoms with Crippen LogP contribution in [0.3, 0.4) is 0 Å². The highest BCUT2D eigenvalue weighted by Gasteiger charge is 2.05. The van der Waals surface area contributed by atoms with Crippen LogP contribution in [-0.2, 0) is 0 Å². The Morgan fingerprint density at radius 3 is 2.64 bits per heavy atom. The van der Waals surface area contributed by atoms with Crippen molar-refractivity contribution >= 4 is 5.69 Å². The van der Waals surface area contributed by atoms with Crippen molar-refractivity contribution in [3.63, 3.8) is 0 Å². The number of nitrogens with one attached hydrogen (secondary N) is 1. The number of hydrogen-bond donors (Lipinski definition) is 2. The van der Waals surface area contributed by atoms with Gasteiger partial charge in [-0.15, -0.1) is 0 Å². The van der Waals surface area contributed by atoms with Crippen molar-refractivity contribution in [3.05, 3.63) is 29.6 Å². The number of benzene rings is 1. The van der Waals surface area contributed by atoms with Gasteiger partial charge < -0.3 is 5.73 Å². The minimum absolute atomic E-state index is 0.750. The Balaban J connectivity index is 2.57. The molecule has 0 aliphatic rings. The van der Waals surface area contributed by atoms with E-state index in [0.29, 0.717) is 0 Å². The molecule has 0 amide bonds. The molecule has 0 unspecified atom stereocenters. The number of hydrogen-bond acceptors (Lipinski definition) is 3. The zero-order valence-electron chi connectivity index (χ0n) is 8.20. The van der Waals surface area contributed by atoms with E-state index in [4.69, 9.17) is 5.73 Å². The fraction of sp³-hybridized carbons (Fsp3) is 0.200. The van der Waals surface area contributed by atoms with E-state index in [0.717, 1.165) is 28.2 Å². The molecule has 4 heteroatoms. The van der Waals surface area contributed by atoms with Crippen molar-refractivity contribution in [3.8, 4) is 11.4 Å². The first-order valence-corrected chi connectivity index (χ1v) is 4.41. The van der Waals surface area contributed by atoms with Crippen LogP contribution >= 0.6 is 0 Å². The molecule has 3 N–H and O–H groups in total. The summed E-state index contributed by atoms with van der Waals surface area (Å²) in [7, 11) is 0. The predicted octanol–water partition coefficient (Wildman–Crippen LogP) is 1.67. The van der Waals surface area contributed by atoms with Gasteiger partial charge in [-0.1, -0.05) is 0 Å². The average Bonchev–Trinajstić information content (AvgIpc) is 2.66. The van der Waals surface area contributed by atoms with Gasteiger partial charge in [-0.2, -0.15) is 5.10 Å². The fourth-order valence-electron chi connectivity index (χ4n) is 1.37. The molecule has 1 aromatic heterocycles. The quantitative estimate of drug-likeness (QED) is 0.669. The molecule has 0 atom stereocenters. The van der Waals surface area contributed by atoms with Crippen LogP contribution < -0.4 is 5.73 Å². The highest BCUT2D eigenvalue weighted by Crippen LogP contribution is 2.23. The Morgan fingerprint density at radius 2 is 2.07 bits per heavy atom. The highest BCUT2D eigenvalue weighted by atomic mass is 15.2. The molecule has 4 nitrogen and oxygen atoms in total. The molecule has 1 aromatic carbocycles. The molecule has 14 heavy (non-hydrogen) atoms. The summed E-state index contributed by atoms with van der Waals surface area (Å²) in [6, 6.07) is 3.95. The number of nitrogen functional groups attached to an aromatic ring is 1. The summed E-state index contributed by atoms with van der Waals surface area (Å²) in [5, 5.41) is 6.61. The Hall–Kier alpha value is -1.84. The van der Waals surface area contributed by atoms with Gasteiger partial charge in [0.2, 0.25) is 0 Å². The molecule has 2 rings (SSSR count). The number of rotatable bonds is 1. The van der Waals surface area contributed by atoms with Crippen LogP contribution in [0.15, 0.2) is 18.5 Å². The van der Waals surface area contributed by atoms with Crippen molar-refractivity contribution in [2.24, 2.45) is 0 Å². The van der Waals surface area contributed by atoms with Gasteiger partial charge in [0.1, 0.15) is 6.33 Å². The molecule has 0 bridgehead atoms. The molecule has 0 spiro atoms. The van der Waals surface area contributed by atoms with E-state index in [1.807, 2.05) is 26.0 Å². The molecule has 0 fully saturated rings. The summed E-state index contributed by atoms with van der Waals surface area (Å²) in [4.78, 5) is 4.08. The molecule has 0 saturated heterocycles. The monoisotopic (exact) mass is 188 g/mol. The van der Waals surface area contributed by atoms with Gasteiger partial charge >= 0.3 is 0 Å². The fourth-order valence-corrected chi connectivity index (χ4v) is 1.37. The second kappa shape index (κ2) is 3.14. The van der Waals surface area contributed by atoms with E-state index >= 15 is 0 Å². The maximum atomic E-state index is 5.87. The van der Waals surface area contributed by atoms with Gasteiger partial charge in [0.15, 0.2) is 5.82 Å². The van der Waals surface area contributed by atoms with E-state index in [2.05, 4.69) is 15.2 Å². The van der Waals surface area contributed by atoms with Crippen molar-refractivity contribution in [1.82, 2.24) is 15.2 Å². The zero-order chi connectivity index (χ0) is 10.1. The van der Waals surface area contributed by atoms with Gasteiger partial charge in [-0.3, -0.25) is 5.10 Å². The second-order valence-electron chi connectivity index (χ2n) is 3.34. The van der Waals surface area contributed by atoms with Gasteiger partial charge in [-0.25, -0.2) is 4.98 Å². The number of nitrogens with two attached hydrogens (primary N) is 1. The standard InChI is InChI=1S/C10H12N4/c1-6-3-8(4-9(11)7(6)2)10-12-5-13-14-10/h3-5H,11H2,1-2H3,(H,12,13,14). The van der Waals surface area contributed by atoms with E-state index < -0.39 is 0 Å². The number of aromatic nitrogens is 3. The van der Waals surface area contributed by atoms with Crippen LogP contribution in [0.2, 0.25) is 0 Å². The zero-order valence-corrected chi connectivity index (χ0v) is 8.20. The van der Waals surface area contributed by atoms with Crippen LogP contribution in [0.1, 0.15) is 11.1 Å². The largest absolute Gasteiger partial charge is 0.398 e. The van der Waals surface area contributed by atoms with Crippen molar-refractivity contribution in [2.75, 3.05) is 5.73 Å². The lowest BCUT2D eigenvalue weighted by Gasteiger charge is -2.06. The maximum Gasteiger partial charge on any atom is 0.155 e. The van der Waals surface area contributed by atoms with E-state index in [1.54, 1.807) is 0 Å². The second-order valence-corrected chi connectivity index (χ2v) is 3.34. The maximum absolute atomic E-state index is 5.87. The van der Waals surface area contributed by atoms with E-state index in [1.165, 1.54) is 6.33 Å². The normalized spacial score (nSPS) is 10.4. The van der Waals surface area contributed by atoms with Crippen LogP contribution in [0.4, 0.5) is 5.69 Å². The lowest BCUT2D eigenvalue weighted by molar-refractivity contribution is 1.09. The van der Waals surface area contributed by atoms with Gasteiger partial charge in [0, 0.05) is 11.3 Å². The third-order valence-corrected chi connectivity index (χ3v) is 2.40. The lowest BCUT2D eigenvalue weighted by Crippen LogP contribution is -1.94.